The van der Waals surface area contributed by atoms with Gasteiger partial charge in [-0.15, -0.1) is 0 Å². The van der Waals surface area contributed by atoms with E-state index < -0.39 is 0 Å². The van der Waals surface area contributed by atoms with Gasteiger partial charge in [-0.25, -0.2) is 0 Å². The molecule has 2 heterocycles. The molecular formula is C18H26N4O2. The second-order valence-corrected chi connectivity index (χ2v) is 6.68. The van der Waals surface area contributed by atoms with Gasteiger partial charge in [-0.05, 0) is 25.0 Å². The van der Waals surface area contributed by atoms with Crippen LogP contribution in [0.15, 0.2) is 30.3 Å². The first-order valence-electron chi connectivity index (χ1n) is 8.73. The molecule has 0 aliphatic carbocycles. The fourth-order valence-corrected chi connectivity index (χ4v) is 3.53. The van der Waals surface area contributed by atoms with E-state index in [-0.39, 0.29) is 17.7 Å². The summed E-state index contributed by atoms with van der Waals surface area (Å²) in [5, 5.41) is 0. The molecule has 3 rings (SSSR count). The summed E-state index contributed by atoms with van der Waals surface area (Å²) in [6.07, 6.45) is 1.66. The second-order valence-electron chi connectivity index (χ2n) is 6.68. The van der Waals surface area contributed by atoms with Crippen molar-refractivity contribution in [3.8, 4) is 0 Å². The molecule has 6 heteroatoms. The lowest BCUT2D eigenvalue weighted by molar-refractivity contribution is -0.136. The largest absolute Gasteiger partial charge is 0.369 e. The molecule has 130 valence electrons. The minimum Gasteiger partial charge on any atom is -0.369 e. The van der Waals surface area contributed by atoms with Crippen LogP contribution >= 0.6 is 0 Å². The zero-order valence-electron chi connectivity index (χ0n) is 14.1. The number of hydrogen-bond acceptors (Lipinski definition) is 4. The Morgan fingerprint density at radius 2 is 1.75 bits per heavy atom. The molecule has 2 saturated heterocycles. The summed E-state index contributed by atoms with van der Waals surface area (Å²) < 4.78 is 0. The number of benzene rings is 1. The second kappa shape index (κ2) is 7.66. The van der Waals surface area contributed by atoms with Crippen molar-refractivity contribution in [3.05, 3.63) is 30.3 Å². The number of carbonyl (C=O) groups excluding carboxylic acids is 2. The fraction of sp³-hybridized carbons (Fsp3) is 0.556. The number of primary amides is 1. The summed E-state index contributed by atoms with van der Waals surface area (Å²) in [7, 11) is 0. The first-order chi connectivity index (χ1) is 11.6. The number of amides is 2. The van der Waals surface area contributed by atoms with Gasteiger partial charge in [-0.2, -0.15) is 0 Å². The third kappa shape index (κ3) is 4.06. The van der Waals surface area contributed by atoms with E-state index in [1.807, 2.05) is 11.0 Å². The molecule has 1 aromatic carbocycles. The smallest absolute Gasteiger partial charge is 0.236 e. The van der Waals surface area contributed by atoms with Gasteiger partial charge >= 0.3 is 0 Å². The minimum absolute atomic E-state index is 0.120. The third-order valence-electron chi connectivity index (χ3n) is 5.03. The normalized spacial score (nSPS) is 22.4. The Morgan fingerprint density at radius 1 is 1.04 bits per heavy atom. The van der Waals surface area contributed by atoms with Gasteiger partial charge < -0.3 is 15.5 Å². The summed E-state index contributed by atoms with van der Waals surface area (Å²) in [4.78, 5) is 30.2. The van der Waals surface area contributed by atoms with Crippen LogP contribution in [0.2, 0.25) is 0 Å². The van der Waals surface area contributed by atoms with Crippen molar-refractivity contribution >= 4 is 17.5 Å². The summed E-state index contributed by atoms with van der Waals surface area (Å²) in [6, 6.07) is 10.4. The van der Waals surface area contributed by atoms with Crippen LogP contribution in [0.1, 0.15) is 12.8 Å². The van der Waals surface area contributed by atoms with Crippen molar-refractivity contribution in [1.29, 1.82) is 0 Å². The highest BCUT2D eigenvalue weighted by Gasteiger charge is 2.28. The van der Waals surface area contributed by atoms with E-state index in [1.54, 1.807) is 0 Å². The van der Waals surface area contributed by atoms with Gasteiger partial charge in [-0.3, -0.25) is 14.5 Å². The number of nitrogens with zero attached hydrogens (tertiary/aromatic N) is 3. The van der Waals surface area contributed by atoms with Crippen LogP contribution in [-0.4, -0.2) is 67.4 Å². The standard InChI is InChI=1S/C18H26N4O2/c19-18(24)15-5-4-8-22(13-15)17(23)14-20-9-11-21(12-10-20)16-6-2-1-3-7-16/h1-3,6-7,15H,4-5,8-14H2,(H2,19,24). The molecule has 1 aromatic rings. The number of piperidine rings is 1. The Kier molecular flexibility index (Phi) is 5.35. The molecule has 2 aliphatic rings. The highest BCUT2D eigenvalue weighted by atomic mass is 16.2. The maximum atomic E-state index is 12.5. The first-order valence-corrected chi connectivity index (χ1v) is 8.73. The zero-order valence-corrected chi connectivity index (χ0v) is 14.1. The Labute approximate surface area is 143 Å². The SMILES string of the molecule is NC(=O)C1CCCN(C(=O)CN2CCN(c3ccccc3)CC2)C1. The number of rotatable bonds is 4. The van der Waals surface area contributed by atoms with Crippen LogP contribution in [0, 0.1) is 5.92 Å². The van der Waals surface area contributed by atoms with E-state index in [1.165, 1.54) is 5.69 Å². The van der Waals surface area contributed by atoms with E-state index in [0.29, 0.717) is 13.1 Å². The van der Waals surface area contributed by atoms with E-state index in [2.05, 4.69) is 34.1 Å². The number of hydrogen-bond donors (Lipinski definition) is 1. The number of anilines is 1. The third-order valence-corrected chi connectivity index (χ3v) is 5.03. The van der Waals surface area contributed by atoms with E-state index in [9.17, 15) is 9.59 Å². The molecule has 2 aliphatic heterocycles. The maximum absolute atomic E-state index is 12.5. The van der Waals surface area contributed by atoms with Crippen molar-refractivity contribution in [1.82, 2.24) is 9.80 Å². The molecule has 2 amide bonds. The molecule has 24 heavy (non-hydrogen) atoms. The van der Waals surface area contributed by atoms with Crippen molar-refractivity contribution in [3.63, 3.8) is 0 Å². The van der Waals surface area contributed by atoms with Gasteiger partial charge in [0, 0.05) is 45.0 Å². The lowest BCUT2D eigenvalue weighted by atomic mass is 9.97. The average molecular weight is 330 g/mol. The monoisotopic (exact) mass is 330 g/mol. The molecular weight excluding hydrogens is 304 g/mol. The van der Waals surface area contributed by atoms with Gasteiger partial charge in [0.25, 0.3) is 0 Å². The lowest BCUT2D eigenvalue weighted by Gasteiger charge is -2.37. The van der Waals surface area contributed by atoms with Crippen molar-refractivity contribution in [2.45, 2.75) is 12.8 Å². The van der Waals surface area contributed by atoms with Crippen molar-refractivity contribution < 1.29 is 9.59 Å². The molecule has 2 fully saturated rings. The van der Waals surface area contributed by atoms with Gasteiger partial charge in [0.05, 0.1) is 12.5 Å². The van der Waals surface area contributed by atoms with Gasteiger partial charge in [0.15, 0.2) is 0 Å². The predicted molar refractivity (Wildman–Crippen MR) is 93.6 cm³/mol. The molecule has 1 unspecified atom stereocenters. The van der Waals surface area contributed by atoms with Crippen molar-refractivity contribution in [2.75, 3.05) is 50.7 Å². The molecule has 2 N–H and O–H groups in total. The maximum Gasteiger partial charge on any atom is 0.236 e. The minimum atomic E-state index is -0.288. The van der Waals surface area contributed by atoms with Crippen LogP contribution < -0.4 is 10.6 Å². The summed E-state index contributed by atoms with van der Waals surface area (Å²) in [5.41, 5.74) is 6.63. The average Bonchev–Trinajstić information content (AvgIpc) is 2.63. The topological polar surface area (TPSA) is 69.9 Å². The van der Waals surface area contributed by atoms with Crippen LogP contribution in [-0.2, 0) is 9.59 Å². The number of para-hydroxylation sites is 1. The number of nitrogens with two attached hydrogens (primary N) is 1. The van der Waals surface area contributed by atoms with E-state index in [0.717, 1.165) is 45.6 Å². The summed E-state index contributed by atoms with van der Waals surface area (Å²) >= 11 is 0. The van der Waals surface area contributed by atoms with Gasteiger partial charge in [0.1, 0.15) is 0 Å². The first kappa shape index (κ1) is 16.8. The molecule has 0 aromatic heterocycles. The molecule has 0 radical (unpaired) electrons. The Balaban J connectivity index is 1.47. The number of piperazine rings is 1. The molecule has 1 atom stereocenters. The molecule has 0 bridgehead atoms. The highest BCUT2D eigenvalue weighted by Crippen LogP contribution is 2.18. The summed E-state index contributed by atoms with van der Waals surface area (Å²) in [6.45, 7) is 5.29. The van der Waals surface area contributed by atoms with Crippen LogP contribution in [0.25, 0.3) is 0 Å². The Hall–Kier alpha value is -2.08. The quantitative estimate of drug-likeness (QED) is 0.874. The van der Waals surface area contributed by atoms with E-state index in [4.69, 9.17) is 5.73 Å². The highest BCUT2D eigenvalue weighted by molar-refractivity contribution is 5.81. The van der Waals surface area contributed by atoms with Gasteiger partial charge in [0.2, 0.25) is 11.8 Å². The van der Waals surface area contributed by atoms with Crippen LogP contribution in [0.4, 0.5) is 5.69 Å². The van der Waals surface area contributed by atoms with Crippen molar-refractivity contribution in [2.24, 2.45) is 11.7 Å². The number of carbonyl (C=O) groups is 2. The molecule has 0 spiro atoms. The lowest BCUT2D eigenvalue weighted by Crippen LogP contribution is -2.52. The fourth-order valence-electron chi connectivity index (χ4n) is 3.53. The number of likely N-dealkylation sites (tertiary alicyclic amines) is 1. The van der Waals surface area contributed by atoms with Crippen LogP contribution in [0.5, 0.6) is 0 Å². The molecule has 6 nitrogen and oxygen atoms in total. The molecule has 0 saturated carbocycles. The zero-order chi connectivity index (χ0) is 16.9. The summed E-state index contributed by atoms with van der Waals surface area (Å²) in [5.74, 6) is -0.351. The van der Waals surface area contributed by atoms with Crippen LogP contribution in [0.3, 0.4) is 0 Å². The van der Waals surface area contributed by atoms with E-state index >= 15 is 0 Å². The van der Waals surface area contributed by atoms with Gasteiger partial charge in [-0.1, -0.05) is 18.2 Å². The Morgan fingerprint density at radius 3 is 2.42 bits per heavy atom. The Bertz CT molecular complexity index is 570. The predicted octanol–water partition coefficient (Wildman–Crippen LogP) is 0.533.